The van der Waals surface area contributed by atoms with E-state index in [-0.39, 0.29) is 5.43 Å². The third-order valence-electron chi connectivity index (χ3n) is 3.94. The van der Waals surface area contributed by atoms with E-state index >= 15 is 0 Å². The lowest BCUT2D eigenvalue weighted by Crippen LogP contribution is -2.06. The van der Waals surface area contributed by atoms with Crippen molar-refractivity contribution in [2.45, 2.75) is 40.0 Å². The molecule has 2 heterocycles. The van der Waals surface area contributed by atoms with Crippen LogP contribution in [0.3, 0.4) is 0 Å². The highest BCUT2D eigenvalue weighted by molar-refractivity contribution is 7.13. The summed E-state index contributed by atoms with van der Waals surface area (Å²) in [6, 6.07) is 3.73. The van der Waals surface area contributed by atoms with Crippen LogP contribution >= 0.6 is 11.3 Å². The summed E-state index contributed by atoms with van der Waals surface area (Å²) in [6.07, 6.45) is 4.40. The Morgan fingerprint density at radius 3 is 2.79 bits per heavy atom. The van der Waals surface area contributed by atoms with Gasteiger partial charge in [-0.15, -0.1) is 11.3 Å². The standard InChI is InChI=1S/C19H21NO3S/c1-4-6-7-22-16-9-17-14(8-13(16)5-2)18(21)15(10-23-17)19-20-12(3)11-24-19/h8-11H,4-7H2,1-3H3. The Morgan fingerprint density at radius 1 is 1.29 bits per heavy atom. The van der Waals surface area contributed by atoms with Gasteiger partial charge >= 0.3 is 0 Å². The maximum Gasteiger partial charge on any atom is 0.202 e. The molecule has 0 saturated carbocycles. The van der Waals surface area contributed by atoms with Crippen molar-refractivity contribution in [1.29, 1.82) is 0 Å². The van der Waals surface area contributed by atoms with Crippen LogP contribution in [0.4, 0.5) is 0 Å². The fraction of sp³-hybridized carbons (Fsp3) is 0.368. The number of benzene rings is 1. The van der Waals surface area contributed by atoms with E-state index in [4.69, 9.17) is 9.15 Å². The van der Waals surface area contributed by atoms with Gasteiger partial charge in [-0.25, -0.2) is 4.98 Å². The number of unbranched alkanes of at least 4 members (excludes halogenated alkanes) is 1. The monoisotopic (exact) mass is 343 g/mol. The number of nitrogens with zero attached hydrogens (tertiary/aromatic N) is 1. The van der Waals surface area contributed by atoms with Crippen molar-refractivity contribution >= 4 is 22.3 Å². The molecule has 1 aromatic carbocycles. The molecule has 0 bridgehead atoms. The first kappa shape index (κ1) is 16.7. The number of aryl methyl sites for hydroxylation is 2. The zero-order valence-corrected chi connectivity index (χ0v) is 15.0. The summed E-state index contributed by atoms with van der Waals surface area (Å²) in [7, 11) is 0. The minimum atomic E-state index is -0.0413. The van der Waals surface area contributed by atoms with Gasteiger partial charge in [-0.05, 0) is 31.4 Å². The van der Waals surface area contributed by atoms with Crippen molar-refractivity contribution in [2.75, 3.05) is 6.61 Å². The van der Waals surface area contributed by atoms with Crippen LogP contribution in [0.2, 0.25) is 0 Å². The van der Waals surface area contributed by atoms with Crippen LogP contribution in [0.5, 0.6) is 5.75 Å². The SMILES string of the molecule is CCCCOc1cc2occ(-c3nc(C)cs3)c(=O)c2cc1CC. The number of aromatic nitrogens is 1. The molecule has 0 atom stereocenters. The molecule has 3 aromatic rings. The van der Waals surface area contributed by atoms with E-state index in [9.17, 15) is 4.79 Å². The Hall–Kier alpha value is -2.14. The first-order chi connectivity index (χ1) is 11.6. The molecule has 3 rings (SSSR count). The summed E-state index contributed by atoms with van der Waals surface area (Å²) in [4.78, 5) is 17.2. The molecule has 5 heteroatoms. The van der Waals surface area contributed by atoms with E-state index in [1.807, 2.05) is 24.4 Å². The van der Waals surface area contributed by atoms with Crippen LogP contribution in [0, 0.1) is 6.92 Å². The first-order valence-corrected chi connectivity index (χ1v) is 9.15. The molecular formula is C19H21NO3S. The maximum atomic E-state index is 12.8. The first-order valence-electron chi connectivity index (χ1n) is 8.27. The van der Waals surface area contributed by atoms with E-state index in [2.05, 4.69) is 18.8 Å². The van der Waals surface area contributed by atoms with Gasteiger partial charge in [0.15, 0.2) is 0 Å². The molecule has 0 unspecified atom stereocenters. The lowest BCUT2D eigenvalue weighted by Gasteiger charge is -2.11. The fourth-order valence-corrected chi connectivity index (χ4v) is 3.36. The number of hydrogen-bond donors (Lipinski definition) is 0. The van der Waals surface area contributed by atoms with Gasteiger partial charge in [-0.1, -0.05) is 20.3 Å². The van der Waals surface area contributed by atoms with Gasteiger partial charge < -0.3 is 9.15 Å². The molecule has 0 aliphatic carbocycles. The van der Waals surface area contributed by atoms with Gasteiger partial charge in [0.1, 0.15) is 22.6 Å². The average molecular weight is 343 g/mol. The van der Waals surface area contributed by atoms with Crippen molar-refractivity contribution in [3.8, 4) is 16.3 Å². The summed E-state index contributed by atoms with van der Waals surface area (Å²) in [5.74, 6) is 0.805. The van der Waals surface area contributed by atoms with Crippen molar-refractivity contribution in [2.24, 2.45) is 0 Å². The van der Waals surface area contributed by atoms with Gasteiger partial charge in [-0.2, -0.15) is 0 Å². The summed E-state index contributed by atoms with van der Waals surface area (Å²) < 4.78 is 11.6. The zero-order chi connectivity index (χ0) is 17.1. The second-order valence-electron chi connectivity index (χ2n) is 5.78. The quantitative estimate of drug-likeness (QED) is 0.593. The van der Waals surface area contributed by atoms with Gasteiger partial charge in [-0.3, -0.25) is 4.79 Å². The molecule has 0 radical (unpaired) electrons. The van der Waals surface area contributed by atoms with Crippen LogP contribution in [-0.2, 0) is 6.42 Å². The van der Waals surface area contributed by atoms with E-state index in [1.54, 1.807) is 0 Å². The Labute approximate surface area is 145 Å². The predicted octanol–water partition coefficient (Wildman–Crippen LogP) is 4.97. The minimum Gasteiger partial charge on any atom is -0.493 e. The molecular weight excluding hydrogens is 322 g/mol. The summed E-state index contributed by atoms with van der Waals surface area (Å²) in [5, 5.41) is 3.21. The smallest absolute Gasteiger partial charge is 0.202 e. The second-order valence-corrected chi connectivity index (χ2v) is 6.64. The summed E-state index contributed by atoms with van der Waals surface area (Å²) in [6.45, 7) is 6.78. The molecule has 24 heavy (non-hydrogen) atoms. The molecule has 0 amide bonds. The van der Waals surface area contributed by atoms with Crippen molar-refractivity contribution in [1.82, 2.24) is 4.98 Å². The van der Waals surface area contributed by atoms with Gasteiger partial charge in [0.2, 0.25) is 5.43 Å². The van der Waals surface area contributed by atoms with E-state index in [1.165, 1.54) is 17.6 Å². The minimum absolute atomic E-state index is 0.0413. The average Bonchev–Trinajstić information content (AvgIpc) is 3.01. The largest absolute Gasteiger partial charge is 0.493 e. The van der Waals surface area contributed by atoms with Crippen LogP contribution in [0.15, 0.2) is 33.0 Å². The summed E-state index contributed by atoms with van der Waals surface area (Å²) >= 11 is 1.46. The molecule has 0 N–H and O–H groups in total. The molecule has 0 aliphatic rings. The summed E-state index contributed by atoms with van der Waals surface area (Å²) in [5.41, 5.74) is 2.96. The lowest BCUT2D eigenvalue weighted by molar-refractivity contribution is 0.306. The molecule has 0 saturated heterocycles. The van der Waals surface area contributed by atoms with E-state index in [0.29, 0.717) is 28.1 Å². The van der Waals surface area contributed by atoms with Crippen molar-refractivity contribution in [3.63, 3.8) is 0 Å². The van der Waals surface area contributed by atoms with E-state index < -0.39 is 0 Å². The molecule has 0 aliphatic heterocycles. The van der Waals surface area contributed by atoms with Crippen molar-refractivity contribution in [3.05, 3.63) is 45.3 Å². The van der Waals surface area contributed by atoms with Gasteiger partial charge in [0.05, 0.1) is 17.6 Å². The Morgan fingerprint density at radius 2 is 2.12 bits per heavy atom. The van der Waals surface area contributed by atoms with Crippen LogP contribution in [-0.4, -0.2) is 11.6 Å². The lowest BCUT2D eigenvalue weighted by atomic mass is 10.1. The Balaban J connectivity index is 2.08. The number of fused-ring (bicyclic) bond motifs is 1. The fourth-order valence-electron chi connectivity index (χ4n) is 2.56. The van der Waals surface area contributed by atoms with Crippen LogP contribution in [0.1, 0.15) is 37.9 Å². The molecule has 0 spiro atoms. The van der Waals surface area contributed by atoms with E-state index in [0.717, 1.165) is 36.3 Å². The predicted molar refractivity (Wildman–Crippen MR) is 98.1 cm³/mol. The highest BCUT2D eigenvalue weighted by atomic mass is 32.1. The molecule has 2 aromatic heterocycles. The number of rotatable bonds is 6. The van der Waals surface area contributed by atoms with Crippen LogP contribution < -0.4 is 10.2 Å². The third-order valence-corrected chi connectivity index (χ3v) is 4.93. The van der Waals surface area contributed by atoms with Gasteiger partial charge in [0, 0.05) is 17.1 Å². The third kappa shape index (κ3) is 3.22. The number of hydrogen-bond acceptors (Lipinski definition) is 5. The highest BCUT2D eigenvalue weighted by Gasteiger charge is 2.14. The molecule has 0 fully saturated rings. The Bertz CT molecular complexity index is 911. The molecule has 4 nitrogen and oxygen atoms in total. The topological polar surface area (TPSA) is 52.3 Å². The van der Waals surface area contributed by atoms with Crippen LogP contribution in [0.25, 0.3) is 21.5 Å². The van der Waals surface area contributed by atoms with Crippen molar-refractivity contribution < 1.29 is 9.15 Å². The number of thiazole rings is 1. The Kier molecular flexibility index (Phi) is 5.00. The normalized spacial score (nSPS) is 11.1. The number of ether oxygens (including phenoxy) is 1. The zero-order valence-electron chi connectivity index (χ0n) is 14.2. The molecule has 126 valence electrons. The van der Waals surface area contributed by atoms with Gasteiger partial charge in [0.25, 0.3) is 0 Å². The maximum absolute atomic E-state index is 12.8. The highest BCUT2D eigenvalue weighted by Crippen LogP contribution is 2.28. The second kappa shape index (κ2) is 7.18.